The first-order chi connectivity index (χ1) is 12.2. The summed E-state index contributed by atoms with van der Waals surface area (Å²) < 4.78 is 10.3. The molecule has 0 aliphatic rings. The van der Waals surface area contributed by atoms with E-state index in [4.69, 9.17) is 14.7 Å². The first kappa shape index (κ1) is 18.1. The monoisotopic (exact) mass is 336 g/mol. The van der Waals surface area contributed by atoms with E-state index in [0.717, 1.165) is 11.1 Å². The van der Waals surface area contributed by atoms with Crippen LogP contribution < -0.4 is 10.1 Å². The maximum atomic E-state index is 11.6. The van der Waals surface area contributed by atoms with E-state index in [1.807, 2.05) is 48.6 Å². The summed E-state index contributed by atoms with van der Waals surface area (Å²) in [5, 5.41) is 11.7. The summed E-state index contributed by atoms with van der Waals surface area (Å²) in [5.74, 6) is 0.548. The van der Waals surface area contributed by atoms with Crippen molar-refractivity contribution in [1.29, 1.82) is 5.26 Å². The molecule has 25 heavy (non-hydrogen) atoms. The van der Waals surface area contributed by atoms with E-state index in [9.17, 15) is 4.79 Å². The normalized spacial score (nSPS) is 10.2. The molecule has 0 radical (unpaired) electrons. The molecule has 0 aliphatic carbocycles. The van der Waals surface area contributed by atoms with Crippen molar-refractivity contribution in [3.63, 3.8) is 0 Å². The van der Waals surface area contributed by atoms with Crippen LogP contribution in [-0.4, -0.2) is 19.7 Å². The minimum Gasteiger partial charge on any atom is -0.495 e. The molecule has 5 heteroatoms. The van der Waals surface area contributed by atoms with Crippen LogP contribution in [0.3, 0.4) is 0 Å². The van der Waals surface area contributed by atoms with Crippen LogP contribution in [0.2, 0.25) is 0 Å². The van der Waals surface area contributed by atoms with E-state index in [1.54, 1.807) is 12.1 Å². The second-order valence-electron chi connectivity index (χ2n) is 5.25. The highest BCUT2D eigenvalue weighted by Crippen LogP contribution is 2.20. The lowest BCUT2D eigenvalue weighted by Crippen LogP contribution is -2.24. The quantitative estimate of drug-likeness (QED) is 0.779. The molecule has 0 aliphatic heterocycles. The van der Waals surface area contributed by atoms with Gasteiger partial charge in [-0.25, -0.2) is 4.79 Å². The predicted octanol–water partition coefficient (Wildman–Crippen LogP) is 3.90. The number of ether oxygens (including phenoxy) is 2. The van der Waals surface area contributed by atoms with Crippen molar-refractivity contribution in [2.24, 2.45) is 0 Å². The van der Waals surface area contributed by atoms with Crippen molar-refractivity contribution in [2.45, 2.75) is 13.0 Å². The van der Waals surface area contributed by atoms with Crippen molar-refractivity contribution in [3.05, 3.63) is 71.3 Å². The second kappa shape index (κ2) is 9.78. The number of amides is 1. The van der Waals surface area contributed by atoms with E-state index in [2.05, 4.69) is 11.4 Å². The number of nitrogens with zero attached hydrogens (tertiary/aromatic N) is 1. The molecule has 5 nitrogen and oxygen atoms in total. The summed E-state index contributed by atoms with van der Waals surface area (Å²) in [6.07, 6.45) is 4.10. The highest BCUT2D eigenvalue weighted by molar-refractivity contribution is 5.67. The average molecular weight is 336 g/mol. The van der Waals surface area contributed by atoms with Crippen LogP contribution in [-0.2, 0) is 11.3 Å². The van der Waals surface area contributed by atoms with E-state index >= 15 is 0 Å². The van der Waals surface area contributed by atoms with Crippen LogP contribution >= 0.6 is 0 Å². The van der Waals surface area contributed by atoms with Crippen LogP contribution in [0.1, 0.15) is 23.1 Å². The van der Waals surface area contributed by atoms with Crippen molar-refractivity contribution in [3.8, 4) is 11.8 Å². The third-order valence-corrected chi connectivity index (χ3v) is 3.45. The van der Waals surface area contributed by atoms with E-state index in [1.165, 1.54) is 7.11 Å². The molecule has 2 aromatic rings. The molecule has 0 unspecified atom stereocenters. The summed E-state index contributed by atoms with van der Waals surface area (Å²) >= 11 is 0. The second-order valence-corrected chi connectivity index (χ2v) is 5.25. The molecule has 1 amide bonds. The summed E-state index contributed by atoms with van der Waals surface area (Å²) in [4.78, 5) is 11.6. The van der Waals surface area contributed by atoms with Gasteiger partial charge in [0.1, 0.15) is 18.4 Å². The van der Waals surface area contributed by atoms with Crippen molar-refractivity contribution in [2.75, 3.05) is 13.7 Å². The molecule has 2 rings (SSSR count). The zero-order chi connectivity index (χ0) is 17.9. The number of benzene rings is 2. The molecule has 1 N–H and O–H groups in total. The van der Waals surface area contributed by atoms with E-state index in [-0.39, 0.29) is 6.61 Å². The Labute approximate surface area is 147 Å². The Bertz CT molecular complexity index is 764. The third-order valence-electron chi connectivity index (χ3n) is 3.45. The number of hydrogen-bond donors (Lipinski definition) is 1. The lowest BCUT2D eigenvalue weighted by atomic mass is 10.1. The molecule has 0 spiro atoms. The zero-order valence-electron chi connectivity index (χ0n) is 14.1. The Morgan fingerprint density at radius 3 is 2.76 bits per heavy atom. The Kier molecular flexibility index (Phi) is 7.08. The van der Waals surface area contributed by atoms with Crippen LogP contribution in [0.4, 0.5) is 4.79 Å². The molecular formula is C20H20N2O3. The number of nitriles is 1. The highest BCUT2D eigenvalue weighted by atomic mass is 16.5. The fourth-order valence-electron chi connectivity index (χ4n) is 2.15. The Balaban J connectivity index is 1.71. The van der Waals surface area contributed by atoms with Gasteiger partial charge in [-0.2, -0.15) is 5.26 Å². The van der Waals surface area contributed by atoms with Gasteiger partial charge >= 0.3 is 6.09 Å². The molecule has 0 aromatic heterocycles. The molecule has 128 valence electrons. The number of methoxy groups -OCH3 is 1. The van der Waals surface area contributed by atoms with Gasteiger partial charge in [0.2, 0.25) is 0 Å². The van der Waals surface area contributed by atoms with Gasteiger partial charge in [-0.1, -0.05) is 48.6 Å². The minimum atomic E-state index is -0.433. The molecule has 2 aromatic carbocycles. The number of hydrogen-bond acceptors (Lipinski definition) is 4. The van der Waals surface area contributed by atoms with Crippen molar-refractivity contribution >= 4 is 12.2 Å². The lowest BCUT2D eigenvalue weighted by molar-refractivity contribution is 0.140. The largest absolute Gasteiger partial charge is 0.495 e. The Morgan fingerprint density at radius 1 is 1.24 bits per heavy atom. The Morgan fingerprint density at radius 2 is 2.04 bits per heavy atom. The molecule has 0 saturated heterocycles. The molecule has 0 heterocycles. The number of carbonyl (C=O) groups excluding carboxylic acids is 1. The fourth-order valence-corrected chi connectivity index (χ4v) is 2.15. The van der Waals surface area contributed by atoms with Crippen molar-refractivity contribution < 1.29 is 14.3 Å². The SMILES string of the molecule is COc1cc(C=CCCNC(=O)OCc2ccccc2)ccc1C#N. The van der Waals surface area contributed by atoms with Crippen LogP contribution in [0.25, 0.3) is 6.08 Å². The van der Waals surface area contributed by atoms with Crippen LogP contribution in [0, 0.1) is 11.3 Å². The number of rotatable bonds is 7. The first-order valence-corrected chi connectivity index (χ1v) is 7.92. The van der Waals surface area contributed by atoms with Gasteiger partial charge in [0.25, 0.3) is 0 Å². The van der Waals surface area contributed by atoms with E-state index in [0.29, 0.717) is 24.3 Å². The molecule has 0 bridgehead atoms. The number of nitrogens with one attached hydrogen (secondary N) is 1. The standard InChI is InChI=1S/C20H20N2O3/c1-24-19-13-16(10-11-18(19)14-21)7-5-6-12-22-20(23)25-15-17-8-3-2-4-9-17/h2-5,7-11,13H,6,12,15H2,1H3,(H,22,23). The molecule has 0 saturated carbocycles. The molecule has 0 atom stereocenters. The number of carbonyl (C=O) groups is 1. The van der Waals surface area contributed by atoms with Gasteiger partial charge in [-0.15, -0.1) is 0 Å². The molecule has 0 fully saturated rings. The van der Waals surface area contributed by atoms with Crippen LogP contribution in [0.5, 0.6) is 5.75 Å². The van der Waals surface area contributed by atoms with Crippen molar-refractivity contribution in [1.82, 2.24) is 5.32 Å². The van der Waals surface area contributed by atoms with Gasteiger partial charge in [-0.05, 0) is 29.7 Å². The van der Waals surface area contributed by atoms with Crippen LogP contribution in [0.15, 0.2) is 54.6 Å². The smallest absolute Gasteiger partial charge is 0.407 e. The van der Waals surface area contributed by atoms with Gasteiger partial charge in [0.05, 0.1) is 12.7 Å². The zero-order valence-corrected chi connectivity index (χ0v) is 14.1. The Hall–Kier alpha value is -3.26. The number of alkyl carbamates (subject to hydrolysis) is 1. The predicted molar refractivity (Wildman–Crippen MR) is 96.0 cm³/mol. The average Bonchev–Trinajstić information content (AvgIpc) is 2.66. The first-order valence-electron chi connectivity index (χ1n) is 7.92. The summed E-state index contributed by atoms with van der Waals surface area (Å²) in [5.41, 5.74) is 2.39. The lowest BCUT2D eigenvalue weighted by Gasteiger charge is -2.06. The maximum absolute atomic E-state index is 11.6. The maximum Gasteiger partial charge on any atom is 0.407 e. The summed E-state index contributed by atoms with van der Waals surface area (Å²) in [6.45, 7) is 0.741. The third kappa shape index (κ3) is 6.04. The highest BCUT2D eigenvalue weighted by Gasteiger charge is 2.02. The van der Waals surface area contributed by atoms with Gasteiger partial charge < -0.3 is 14.8 Å². The summed E-state index contributed by atoms with van der Waals surface area (Å²) in [6, 6.07) is 17.0. The van der Waals surface area contributed by atoms with Gasteiger partial charge in [0, 0.05) is 6.54 Å². The van der Waals surface area contributed by atoms with Gasteiger partial charge in [0.15, 0.2) is 0 Å². The summed E-state index contributed by atoms with van der Waals surface area (Å²) in [7, 11) is 1.54. The topological polar surface area (TPSA) is 71.3 Å². The van der Waals surface area contributed by atoms with E-state index < -0.39 is 6.09 Å². The van der Waals surface area contributed by atoms with Gasteiger partial charge in [-0.3, -0.25) is 0 Å². The fraction of sp³-hybridized carbons (Fsp3) is 0.200. The molecular weight excluding hydrogens is 316 g/mol. The minimum absolute atomic E-state index is 0.257.